The van der Waals surface area contributed by atoms with Gasteiger partial charge in [-0.15, -0.1) is 0 Å². The van der Waals surface area contributed by atoms with E-state index in [0.717, 1.165) is 4.90 Å². The summed E-state index contributed by atoms with van der Waals surface area (Å²) in [7, 11) is 1.37. The second-order valence-corrected chi connectivity index (χ2v) is 5.89. The van der Waals surface area contributed by atoms with Crippen molar-refractivity contribution in [1.82, 2.24) is 10.2 Å². The smallest absolute Gasteiger partial charge is 0.307 e. The van der Waals surface area contributed by atoms with E-state index in [4.69, 9.17) is 0 Å². The minimum Gasteiger partial charge on any atom is -0.481 e. The first-order valence-corrected chi connectivity index (χ1v) is 6.92. The van der Waals surface area contributed by atoms with Crippen LogP contribution in [0.5, 0.6) is 0 Å². The number of likely N-dealkylation sites (N-methyl/N-ethyl adjacent to an activating group) is 1. The Kier molecular flexibility index (Phi) is 3.07. The van der Waals surface area contributed by atoms with E-state index in [9.17, 15) is 24.3 Å². The molecule has 0 radical (unpaired) electrons. The van der Waals surface area contributed by atoms with Gasteiger partial charge >= 0.3 is 5.97 Å². The van der Waals surface area contributed by atoms with E-state index in [1.54, 1.807) is 0 Å². The summed E-state index contributed by atoms with van der Waals surface area (Å²) in [4.78, 5) is 48.0. The molecule has 0 aromatic heterocycles. The van der Waals surface area contributed by atoms with Crippen LogP contribution in [0.2, 0.25) is 0 Å². The van der Waals surface area contributed by atoms with E-state index in [0.29, 0.717) is 6.42 Å². The number of hydrogen-bond acceptors (Lipinski definition) is 4. The number of rotatable bonds is 3. The van der Waals surface area contributed by atoms with Gasteiger partial charge in [-0.1, -0.05) is 12.2 Å². The van der Waals surface area contributed by atoms with Crippen molar-refractivity contribution in [2.75, 3.05) is 7.05 Å². The van der Waals surface area contributed by atoms with Gasteiger partial charge in [-0.3, -0.25) is 24.1 Å². The van der Waals surface area contributed by atoms with Crippen LogP contribution < -0.4 is 5.32 Å². The zero-order chi connectivity index (χ0) is 15.3. The van der Waals surface area contributed by atoms with Gasteiger partial charge in [0.05, 0.1) is 18.3 Å². The highest BCUT2D eigenvalue weighted by atomic mass is 16.4. The zero-order valence-electron chi connectivity index (χ0n) is 11.5. The first-order chi connectivity index (χ1) is 9.90. The fraction of sp³-hybridized carbons (Fsp3) is 0.571. The monoisotopic (exact) mass is 292 g/mol. The van der Waals surface area contributed by atoms with Crippen LogP contribution in [0.15, 0.2) is 12.2 Å². The number of carboxylic acids is 1. The van der Waals surface area contributed by atoms with E-state index in [1.807, 2.05) is 12.2 Å². The number of nitrogens with zero attached hydrogens (tertiary/aromatic N) is 1. The lowest BCUT2D eigenvalue weighted by molar-refractivity contribution is -0.148. The molecule has 21 heavy (non-hydrogen) atoms. The molecular formula is C14H16N2O5. The van der Waals surface area contributed by atoms with Crippen LogP contribution >= 0.6 is 0 Å². The van der Waals surface area contributed by atoms with Gasteiger partial charge < -0.3 is 10.4 Å². The van der Waals surface area contributed by atoms with Gasteiger partial charge in [-0.25, -0.2) is 0 Å². The molecule has 2 aliphatic carbocycles. The Hall–Kier alpha value is -2.18. The lowest BCUT2D eigenvalue weighted by atomic mass is 9.82. The van der Waals surface area contributed by atoms with Gasteiger partial charge in [0.2, 0.25) is 11.8 Å². The molecule has 0 aromatic rings. The number of allylic oxidation sites excluding steroid dienone is 2. The fourth-order valence-corrected chi connectivity index (χ4v) is 3.65. The number of aliphatic carboxylic acids is 1. The quantitative estimate of drug-likeness (QED) is 0.533. The van der Waals surface area contributed by atoms with Gasteiger partial charge in [0.1, 0.15) is 6.04 Å². The van der Waals surface area contributed by atoms with Crippen molar-refractivity contribution < 1.29 is 24.3 Å². The number of hydrogen-bond donors (Lipinski definition) is 2. The largest absolute Gasteiger partial charge is 0.481 e. The molecular weight excluding hydrogens is 276 g/mol. The van der Waals surface area contributed by atoms with Crippen LogP contribution in [0.1, 0.15) is 12.8 Å². The summed E-state index contributed by atoms with van der Waals surface area (Å²) in [6.45, 7) is 0. The molecule has 7 heteroatoms. The topological polar surface area (TPSA) is 104 Å². The van der Waals surface area contributed by atoms with Crippen molar-refractivity contribution in [3.8, 4) is 0 Å². The first kappa shape index (κ1) is 13.8. The van der Waals surface area contributed by atoms with Gasteiger partial charge in [0.15, 0.2) is 0 Å². The predicted molar refractivity (Wildman–Crippen MR) is 69.7 cm³/mol. The molecule has 112 valence electrons. The molecule has 5 atom stereocenters. The van der Waals surface area contributed by atoms with E-state index < -0.39 is 35.7 Å². The molecule has 3 rings (SSSR count). The third kappa shape index (κ3) is 2.03. The SMILES string of the molecule is CN1C(=O)CC(NC(=O)[C@H]2C3C=CC(C3)[C@H]2C(=O)O)C1=O. The van der Waals surface area contributed by atoms with Crippen molar-refractivity contribution >= 4 is 23.7 Å². The summed E-state index contributed by atoms with van der Waals surface area (Å²) in [6, 6.07) is -0.868. The number of carboxylic acid groups (broad SMARTS) is 1. The average Bonchev–Trinajstić information content (AvgIpc) is 3.09. The highest BCUT2D eigenvalue weighted by Gasteiger charge is 2.52. The third-order valence-electron chi connectivity index (χ3n) is 4.75. The highest BCUT2D eigenvalue weighted by Crippen LogP contribution is 2.48. The Labute approximate surface area is 121 Å². The molecule has 1 saturated carbocycles. The summed E-state index contributed by atoms with van der Waals surface area (Å²) in [5.74, 6) is -3.84. The number of fused-ring (bicyclic) bond motifs is 2. The van der Waals surface area contributed by atoms with Gasteiger partial charge in [0, 0.05) is 7.05 Å². The normalized spacial score (nSPS) is 37.4. The van der Waals surface area contributed by atoms with E-state index in [2.05, 4.69) is 5.32 Å². The van der Waals surface area contributed by atoms with Crippen molar-refractivity contribution in [2.24, 2.45) is 23.7 Å². The number of carbonyl (C=O) groups is 4. The molecule has 1 heterocycles. The van der Waals surface area contributed by atoms with Crippen LogP contribution in [-0.2, 0) is 19.2 Å². The molecule has 2 bridgehead atoms. The number of imide groups is 1. The van der Waals surface area contributed by atoms with Gasteiger partial charge in [0.25, 0.3) is 5.91 Å². The molecule has 2 fully saturated rings. The average molecular weight is 292 g/mol. The molecule has 3 amide bonds. The predicted octanol–water partition coefficient (Wildman–Crippen LogP) is -0.617. The Balaban J connectivity index is 1.74. The van der Waals surface area contributed by atoms with Crippen LogP contribution in [-0.4, -0.2) is 46.8 Å². The summed E-state index contributed by atoms with van der Waals surface area (Å²) < 4.78 is 0. The Bertz CT molecular complexity index is 570. The second-order valence-electron chi connectivity index (χ2n) is 5.89. The summed E-state index contributed by atoms with van der Waals surface area (Å²) in [6.07, 6.45) is 4.33. The van der Waals surface area contributed by atoms with E-state index in [-0.39, 0.29) is 24.2 Å². The zero-order valence-corrected chi connectivity index (χ0v) is 11.5. The van der Waals surface area contributed by atoms with E-state index in [1.165, 1.54) is 7.05 Å². The molecule has 3 unspecified atom stereocenters. The molecule has 0 aromatic carbocycles. The summed E-state index contributed by atoms with van der Waals surface area (Å²) in [5, 5.41) is 11.9. The second kappa shape index (κ2) is 4.68. The minimum atomic E-state index is -0.988. The maximum Gasteiger partial charge on any atom is 0.307 e. The van der Waals surface area contributed by atoms with Crippen LogP contribution in [0.4, 0.5) is 0 Å². The van der Waals surface area contributed by atoms with Crippen molar-refractivity contribution in [3.63, 3.8) is 0 Å². The van der Waals surface area contributed by atoms with Crippen LogP contribution in [0, 0.1) is 23.7 Å². The number of carbonyl (C=O) groups excluding carboxylic acids is 3. The first-order valence-electron chi connectivity index (χ1n) is 6.92. The lowest BCUT2D eigenvalue weighted by Gasteiger charge is -2.25. The Morgan fingerprint density at radius 2 is 1.86 bits per heavy atom. The molecule has 3 aliphatic rings. The lowest BCUT2D eigenvalue weighted by Crippen LogP contribution is -2.47. The number of likely N-dealkylation sites (tertiary alicyclic amines) is 1. The standard InChI is InChI=1S/C14H16N2O5/c1-16-9(17)5-8(13(16)19)15-12(18)10-6-2-3-7(4-6)11(10)14(20)21/h2-3,6-8,10-11H,4-5H2,1H3,(H,15,18)(H,20,21)/t6?,7?,8?,10-,11+/m0/s1. The van der Waals surface area contributed by atoms with Crippen LogP contribution in [0.25, 0.3) is 0 Å². The molecule has 1 saturated heterocycles. The highest BCUT2D eigenvalue weighted by molar-refractivity contribution is 6.06. The minimum absolute atomic E-state index is 0.0601. The maximum atomic E-state index is 12.4. The Morgan fingerprint density at radius 3 is 2.38 bits per heavy atom. The maximum absolute atomic E-state index is 12.4. The summed E-state index contributed by atoms with van der Waals surface area (Å²) >= 11 is 0. The van der Waals surface area contributed by atoms with Crippen molar-refractivity contribution in [1.29, 1.82) is 0 Å². The molecule has 0 spiro atoms. The van der Waals surface area contributed by atoms with E-state index >= 15 is 0 Å². The third-order valence-corrected chi connectivity index (χ3v) is 4.75. The molecule has 1 aliphatic heterocycles. The fourth-order valence-electron chi connectivity index (χ4n) is 3.65. The summed E-state index contributed by atoms with van der Waals surface area (Å²) in [5.41, 5.74) is 0. The van der Waals surface area contributed by atoms with Gasteiger partial charge in [-0.2, -0.15) is 0 Å². The molecule has 2 N–H and O–H groups in total. The Morgan fingerprint density at radius 1 is 1.24 bits per heavy atom. The molecule has 7 nitrogen and oxygen atoms in total. The number of nitrogens with one attached hydrogen (secondary N) is 1. The van der Waals surface area contributed by atoms with Crippen molar-refractivity contribution in [3.05, 3.63) is 12.2 Å². The van der Waals surface area contributed by atoms with Crippen molar-refractivity contribution in [2.45, 2.75) is 18.9 Å². The van der Waals surface area contributed by atoms with Gasteiger partial charge in [-0.05, 0) is 18.3 Å². The number of amides is 3. The van der Waals surface area contributed by atoms with Crippen LogP contribution in [0.3, 0.4) is 0 Å².